The molecule has 0 fully saturated rings. The third-order valence-corrected chi connectivity index (χ3v) is 8.09. The Bertz CT molecular complexity index is 2070. The Labute approximate surface area is 198 Å². The molecular formula is C30H17N3S. The molecule has 0 aliphatic rings. The van der Waals surface area contributed by atoms with E-state index in [1.54, 1.807) is 0 Å². The van der Waals surface area contributed by atoms with Gasteiger partial charge in [0.1, 0.15) is 0 Å². The van der Waals surface area contributed by atoms with Crippen molar-refractivity contribution >= 4 is 74.9 Å². The van der Waals surface area contributed by atoms with Gasteiger partial charge < -0.3 is 0 Å². The molecule has 158 valence electrons. The molecule has 0 unspecified atom stereocenters. The van der Waals surface area contributed by atoms with Gasteiger partial charge in [-0.25, -0.2) is 9.97 Å². The van der Waals surface area contributed by atoms with E-state index in [1.165, 1.54) is 63.5 Å². The molecular weight excluding hydrogens is 434 g/mol. The first kappa shape index (κ1) is 18.2. The van der Waals surface area contributed by atoms with E-state index in [-0.39, 0.29) is 0 Å². The fraction of sp³-hybridized carbons (Fsp3) is 0. The topological polar surface area (TPSA) is 30.7 Å². The highest BCUT2D eigenvalue weighted by Crippen LogP contribution is 2.46. The van der Waals surface area contributed by atoms with Crippen molar-refractivity contribution in [2.24, 2.45) is 0 Å². The van der Waals surface area contributed by atoms with Crippen LogP contribution in [0.2, 0.25) is 0 Å². The standard InChI is InChI=1S/C30H17N3S/c1-3-11-21-18(8-1)19-9-2-4-12-22(19)27-26(21)24-15-14-23-20-10-5-6-13-25(20)34-29(23)28(24)33(27)30-31-16-7-17-32-30/h1-17H. The van der Waals surface area contributed by atoms with Gasteiger partial charge in [-0.1, -0.05) is 78.9 Å². The van der Waals surface area contributed by atoms with E-state index >= 15 is 0 Å². The molecule has 0 saturated heterocycles. The first-order chi connectivity index (χ1) is 16.9. The quantitative estimate of drug-likeness (QED) is 0.235. The van der Waals surface area contributed by atoms with Gasteiger partial charge in [0.05, 0.1) is 15.7 Å². The van der Waals surface area contributed by atoms with Crippen LogP contribution in [0.1, 0.15) is 0 Å². The number of nitrogens with zero attached hydrogens (tertiary/aromatic N) is 3. The molecule has 8 aromatic rings. The molecule has 5 aromatic carbocycles. The van der Waals surface area contributed by atoms with Crippen molar-refractivity contribution in [1.29, 1.82) is 0 Å². The zero-order valence-corrected chi connectivity index (χ0v) is 18.9. The van der Waals surface area contributed by atoms with Crippen molar-refractivity contribution < 1.29 is 0 Å². The molecule has 3 aromatic heterocycles. The van der Waals surface area contributed by atoms with Crippen molar-refractivity contribution in [3.05, 3.63) is 103 Å². The second-order valence-corrected chi connectivity index (χ2v) is 9.69. The van der Waals surface area contributed by atoms with Gasteiger partial charge in [0.15, 0.2) is 0 Å². The summed E-state index contributed by atoms with van der Waals surface area (Å²) in [5.41, 5.74) is 2.35. The van der Waals surface area contributed by atoms with E-state index in [2.05, 4.69) is 89.5 Å². The Hall–Kier alpha value is -4.28. The first-order valence-corrected chi connectivity index (χ1v) is 12.2. The van der Waals surface area contributed by atoms with E-state index in [4.69, 9.17) is 9.97 Å². The minimum Gasteiger partial charge on any atom is -0.276 e. The van der Waals surface area contributed by atoms with Crippen LogP contribution in [0.25, 0.3) is 69.5 Å². The van der Waals surface area contributed by atoms with Gasteiger partial charge in [-0.05, 0) is 28.3 Å². The zero-order chi connectivity index (χ0) is 22.2. The summed E-state index contributed by atoms with van der Waals surface area (Å²) in [6.45, 7) is 0. The van der Waals surface area contributed by atoms with Crippen LogP contribution < -0.4 is 0 Å². The molecule has 0 amide bonds. The van der Waals surface area contributed by atoms with Gasteiger partial charge >= 0.3 is 0 Å². The number of rotatable bonds is 1. The highest BCUT2D eigenvalue weighted by Gasteiger charge is 2.22. The van der Waals surface area contributed by atoms with Crippen LogP contribution in [0.4, 0.5) is 0 Å². The van der Waals surface area contributed by atoms with Crippen molar-refractivity contribution in [3.63, 3.8) is 0 Å². The van der Waals surface area contributed by atoms with Crippen LogP contribution >= 0.6 is 11.3 Å². The lowest BCUT2D eigenvalue weighted by Crippen LogP contribution is -2.00. The SMILES string of the molecule is c1cnc(-n2c3c(ccc4c5ccccc5sc43)c3c4ccccc4c4ccccc4c32)nc1. The number of hydrogen-bond donors (Lipinski definition) is 0. The van der Waals surface area contributed by atoms with Crippen LogP contribution in [0.5, 0.6) is 0 Å². The van der Waals surface area contributed by atoms with Gasteiger partial charge in [0, 0.05) is 44.0 Å². The van der Waals surface area contributed by atoms with Gasteiger partial charge in [0.2, 0.25) is 5.95 Å². The lowest BCUT2D eigenvalue weighted by Gasteiger charge is -2.10. The summed E-state index contributed by atoms with van der Waals surface area (Å²) in [7, 11) is 0. The van der Waals surface area contributed by atoms with E-state index in [0.717, 1.165) is 0 Å². The molecule has 3 nitrogen and oxygen atoms in total. The molecule has 3 heterocycles. The predicted octanol–water partition coefficient (Wildman–Crippen LogP) is 8.25. The largest absolute Gasteiger partial charge is 0.276 e. The van der Waals surface area contributed by atoms with Crippen molar-refractivity contribution in [2.45, 2.75) is 0 Å². The highest BCUT2D eigenvalue weighted by atomic mass is 32.1. The van der Waals surface area contributed by atoms with E-state index in [0.29, 0.717) is 5.95 Å². The maximum absolute atomic E-state index is 4.73. The fourth-order valence-electron chi connectivity index (χ4n) is 5.54. The molecule has 0 bridgehead atoms. The Morgan fingerprint density at radius 2 is 1.12 bits per heavy atom. The van der Waals surface area contributed by atoms with Gasteiger partial charge in [0.25, 0.3) is 0 Å². The maximum atomic E-state index is 4.73. The summed E-state index contributed by atoms with van der Waals surface area (Å²) in [6.07, 6.45) is 3.66. The molecule has 0 spiro atoms. The van der Waals surface area contributed by atoms with Crippen LogP contribution in [-0.4, -0.2) is 14.5 Å². The van der Waals surface area contributed by atoms with Gasteiger partial charge in [-0.3, -0.25) is 4.57 Å². The molecule has 0 saturated carbocycles. The summed E-state index contributed by atoms with van der Waals surface area (Å²) in [6, 6.07) is 32.6. The lowest BCUT2D eigenvalue weighted by atomic mass is 9.96. The Morgan fingerprint density at radius 1 is 0.500 bits per heavy atom. The summed E-state index contributed by atoms with van der Waals surface area (Å²) >= 11 is 1.85. The molecule has 0 aliphatic heterocycles. The summed E-state index contributed by atoms with van der Waals surface area (Å²) in [5.74, 6) is 0.702. The van der Waals surface area contributed by atoms with E-state index in [1.807, 2.05) is 29.8 Å². The monoisotopic (exact) mass is 451 g/mol. The van der Waals surface area contributed by atoms with Crippen molar-refractivity contribution in [2.75, 3.05) is 0 Å². The van der Waals surface area contributed by atoms with Crippen LogP contribution in [-0.2, 0) is 0 Å². The zero-order valence-electron chi connectivity index (χ0n) is 18.1. The third-order valence-electron chi connectivity index (χ3n) is 6.89. The molecule has 0 N–H and O–H groups in total. The maximum Gasteiger partial charge on any atom is 0.234 e. The van der Waals surface area contributed by atoms with Crippen LogP contribution in [0.15, 0.2) is 103 Å². The second kappa shape index (κ2) is 6.62. The van der Waals surface area contributed by atoms with Crippen molar-refractivity contribution in [1.82, 2.24) is 14.5 Å². The number of hydrogen-bond acceptors (Lipinski definition) is 3. The van der Waals surface area contributed by atoms with Gasteiger partial charge in [-0.15, -0.1) is 11.3 Å². The molecule has 0 aliphatic carbocycles. The third kappa shape index (κ3) is 2.25. The summed E-state index contributed by atoms with van der Waals surface area (Å²) in [4.78, 5) is 9.45. The molecule has 0 atom stereocenters. The first-order valence-electron chi connectivity index (χ1n) is 11.4. The summed E-state index contributed by atoms with van der Waals surface area (Å²) < 4.78 is 4.86. The van der Waals surface area contributed by atoms with Gasteiger partial charge in [-0.2, -0.15) is 0 Å². The highest BCUT2D eigenvalue weighted by molar-refractivity contribution is 7.26. The average Bonchev–Trinajstić information content (AvgIpc) is 3.46. The van der Waals surface area contributed by atoms with E-state index < -0.39 is 0 Å². The normalized spacial score (nSPS) is 12.1. The lowest BCUT2D eigenvalue weighted by molar-refractivity contribution is 0.994. The fourth-order valence-corrected chi connectivity index (χ4v) is 6.78. The minimum atomic E-state index is 0.702. The Balaban J connectivity index is 1.76. The number of fused-ring (bicyclic) bond motifs is 12. The van der Waals surface area contributed by atoms with E-state index in [9.17, 15) is 0 Å². The second-order valence-electron chi connectivity index (χ2n) is 8.64. The van der Waals surface area contributed by atoms with Crippen molar-refractivity contribution in [3.8, 4) is 5.95 Å². The summed E-state index contributed by atoms with van der Waals surface area (Å²) in [5, 5.41) is 10.1. The molecule has 4 heteroatoms. The Kier molecular flexibility index (Phi) is 3.54. The van der Waals surface area contributed by atoms with Crippen LogP contribution in [0.3, 0.4) is 0 Å². The number of thiophene rings is 1. The molecule has 8 rings (SSSR count). The number of aromatic nitrogens is 3. The number of benzene rings is 5. The molecule has 34 heavy (non-hydrogen) atoms. The Morgan fingerprint density at radius 3 is 1.91 bits per heavy atom. The minimum absolute atomic E-state index is 0.702. The van der Waals surface area contributed by atoms with Crippen LogP contribution in [0, 0.1) is 0 Å². The predicted molar refractivity (Wildman–Crippen MR) is 144 cm³/mol. The average molecular weight is 452 g/mol. The molecule has 0 radical (unpaired) electrons. The smallest absolute Gasteiger partial charge is 0.234 e.